The van der Waals surface area contributed by atoms with Crippen LogP contribution in [0.3, 0.4) is 0 Å². The number of hydrogen-bond donors (Lipinski definition) is 1. The van der Waals surface area contributed by atoms with Crippen LogP contribution in [0.4, 0.5) is 13.2 Å². The van der Waals surface area contributed by atoms with Gasteiger partial charge in [0.2, 0.25) is 0 Å². The summed E-state index contributed by atoms with van der Waals surface area (Å²) in [5.41, 5.74) is 6.03. The molecule has 4 nitrogen and oxygen atoms in total. The van der Waals surface area contributed by atoms with Gasteiger partial charge < -0.3 is 15.5 Å². The molecule has 1 unspecified atom stereocenters. The van der Waals surface area contributed by atoms with Crippen molar-refractivity contribution in [2.75, 3.05) is 33.7 Å². The second kappa shape index (κ2) is 5.93. The maximum absolute atomic E-state index is 12.6. The van der Waals surface area contributed by atoms with Crippen LogP contribution in [0.15, 0.2) is 29.3 Å². The molecule has 7 heteroatoms. The van der Waals surface area contributed by atoms with Crippen LogP contribution < -0.4 is 5.73 Å². The first kappa shape index (κ1) is 15.6. The first-order valence-corrected chi connectivity index (χ1v) is 6.67. The van der Waals surface area contributed by atoms with Gasteiger partial charge in [-0.05, 0) is 31.8 Å². The molecule has 0 fully saturated rings. The predicted molar refractivity (Wildman–Crippen MR) is 75.9 cm³/mol. The zero-order chi connectivity index (χ0) is 15.6. The Labute approximate surface area is 122 Å². The Morgan fingerprint density at radius 3 is 2.43 bits per heavy atom. The number of likely N-dealkylation sites (N-methyl/N-ethyl adjacent to an activating group) is 1. The summed E-state index contributed by atoms with van der Waals surface area (Å²) < 4.78 is 37.8. The smallest absolute Gasteiger partial charge is 0.370 e. The van der Waals surface area contributed by atoms with Crippen molar-refractivity contribution >= 4 is 5.96 Å². The van der Waals surface area contributed by atoms with Crippen molar-refractivity contribution in [1.29, 1.82) is 0 Å². The minimum atomic E-state index is -4.31. The van der Waals surface area contributed by atoms with Crippen molar-refractivity contribution in [3.05, 3.63) is 35.4 Å². The standard InChI is InChI=1S/C14H19F3N4/c1-20(2)7-8-21-12(9-19-13(21)18)10-3-5-11(6-4-10)14(15,16)17/h3-6,12H,7-9H2,1-2H3,(H2,18,19). The Morgan fingerprint density at radius 1 is 1.29 bits per heavy atom. The van der Waals surface area contributed by atoms with E-state index in [1.807, 2.05) is 23.9 Å². The van der Waals surface area contributed by atoms with Gasteiger partial charge >= 0.3 is 6.18 Å². The average molecular weight is 300 g/mol. The fraction of sp³-hybridized carbons (Fsp3) is 0.500. The summed E-state index contributed by atoms with van der Waals surface area (Å²) in [6.45, 7) is 1.96. The summed E-state index contributed by atoms with van der Waals surface area (Å²) in [6.07, 6.45) is -4.31. The molecule has 1 heterocycles. The molecule has 0 radical (unpaired) electrons. The van der Waals surface area contributed by atoms with E-state index in [1.54, 1.807) is 0 Å². The molecule has 1 aromatic carbocycles. The van der Waals surface area contributed by atoms with Crippen LogP contribution in [-0.4, -0.2) is 49.5 Å². The van der Waals surface area contributed by atoms with Gasteiger partial charge in [-0.1, -0.05) is 12.1 Å². The highest BCUT2D eigenvalue weighted by Crippen LogP contribution is 2.31. The van der Waals surface area contributed by atoms with Gasteiger partial charge in [0.25, 0.3) is 0 Å². The molecule has 21 heavy (non-hydrogen) atoms. The van der Waals surface area contributed by atoms with Crippen LogP contribution in [0.5, 0.6) is 0 Å². The number of alkyl halides is 3. The molecule has 0 amide bonds. The van der Waals surface area contributed by atoms with E-state index in [0.29, 0.717) is 19.0 Å². The molecule has 0 bridgehead atoms. The molecule has 116 valence electrons. The molecule has 0 aromatic heterocycles. The highest BCUT2D eigenvalue weighted by atomic mass is 19.4. The van der Waals surface area contributed by atoms with Gasteiger partial charge in [-0.15, -0.1) is 0 Å². The molecule has 0 aliphatic carbocycles. The summed E-state index contributed by atoms with van der Waals surface area (Å²) in [4.78, 5) is 8.16. The van der Waals surface area contributed by atoms with E-state index in [9.17, 15) is 13.2 Å². The molecule has 1 atom stereocenters. The van der Waals surface area contributed by atoms with Gasteiger partial charge in [-0.25, -0.2) is 0 Å². The Bertz CT molecular complexity index is 508. The number of nitrogens with two attached hydrogens (primary N) is 1. The molecular formula is C14H19F3N4. The number of hydrogen-bond acceptors (Lipinski definition) is 4. The van der Waals surface area contributed by atoms with E-state index in [2.05, 4.69) is 4.99 Å². The SMILES string of the molecule is CN(C)CCN1C(N)=NCC1c1ccc(C(F)(F)F)cc1. The summed E-state index contributed by atoms with van der Waals surface area (Å²) in [5, 5.41) is 0. The number of nitrogens with zero attached hydrogens (tertiary/aromatic N) is 3. The first-order valence-electron chi connectivity index (χ1n) is 6.67. The Morgan fingerprint density at radius 2 is 1.90 bits per heavy atom. The predicted octanol–water partition coefficient (Wildman–Crippen LogP) is 1.94. The lowest BCUT2D eigenvalue weighted by molar-refractivity contribution is -0.137. The summed E-state index contributed by atoms with van der Waals surface area (Å²) in [5.74, 6) is 0.446. The zero-order valence-corrected chi connectivity index (χ0v) is 12.1. The van der Waals surface area contributed by atoms with E-state index >= 15 is 0 Å². The maximum Gasteiger partial charge on any atom is 0.416 e. The normalized spacial score (nSPS) is 19.2. The summed E-state index contributed by atoms with van der Waals surface area (Å²) in [7, 11) is 3.91. The van der Waals surface area contributed by atoms with Crippen LogP contribution in [0.1, 0.15) is 17.2 Å². The van der Waals surface area contributed by atoms with E-state index in [4.69, 9.17) is 5.73 Å². The lowest BCUT2D eigenvalue weighted by Gasteiger charge is -2.28. The van der Waals surface area contributed by atoms with Crippen LogP contribution in [0, 0.1) is 0 Å². The van der Waals surface area contributed by atoms with Crippen molar-refractivity contribution in [2.45, 2.75) is 12.2 Å². The Kier molecular flexibility index (Phi) is 4.41. The third kappa shape index (κ3) is 3.66. The number of halogens is 3. The fourth-order valence-corrected chi connectivity index (χ4v) is 2.29. The Hall–Kier alpha value is -1.76. The number of aliphatic imine (C=N–C) groups is 1. The number of benzene rings is 1. The quantitative estimate of drug-likeness (QED) is 0.924. The second-order valence-electron chi connectivity index (χ2n) is 5.33. The van der Waals surface area contributed by atoms with E-state index in [-0.39, 0.29) is 6.04 Å². The van der Waals surface area contributed by atoms with Crippen LogP contribution >= 0.6 is 0 Å². The summed E-state index contributed by atoms with van der Waals surface area (Å²) >= 11 is 0. The topological polar surface area (TPSA) is 44.9 Å². The van der Waals surface area contributed by atoms with Crippen molar-refractivity contribution in [1.82, 2.24) is 9.80 Å². The molecule has 2 N–H and O–H groups in total. The van der Waals surface area contributed by atoms with Crippen LogP contribution in [0.2, 0.25) is 0 Å². The number of rotatable bonds is 4. The van der Waals surface area contributed by atoms with E-state index in [0.717, 1.165) is 24.2 Å². The highest BCUT2D eigenvalue weighted by molar-refractivity contribution is 5.80. The third-order valence-corrected chi connectivity index (χ3v) is 3.51. The minimum Gasteiger partial charge on any atom is -0.370 e. The molecule has 1 aromatic rings. The summed E-state index contributed by atoms with van der Waals surface area (Å²) in [6, 6.07) is 5.13. The highest BCUT2D eigenvalue weighted by Gasteiger charge is 2.31. The molecule has 0 spiro atoms. The number of guanidine groups is 1. The van der Waals surface area contributed by atoms with Crippen molar-refractivity contribution in [2.24, 2.45) is 10.7 Å². The van der Waals surface area contributed by atoms with Crippen molar-refractivity contribution in [3.63, 3.8) is 0 Å². The molecular weight excluding hydrogens is 281 g/mol. The molecule has 1 aliphatic rings. The van der Waals surface area contributed by atoms with Gasteiger partial charge in [0.05, 0.1) is 18.2 Å². The van der Waals surface area contributed by atoms with Crippen LogP contribution in [0.25, 0.3) is 0 Å². The van der Waals surface area contributed by atoms with Gasteiger partial charge in [0, 0.05) is 13.1 Å². The average Bonchev–Trinajstić information content (AvgIpc) is 2.77. The zero-order valence-electron chi connectivity index (χ0n) is 12.1. The van der Waals surface area contributed by atoms with Gasteiger partial charge in [0.1, 0.15) is 0 Å². The van der Waals surface area contributed by atoms with E-state index < -0.39 is 11.7 Å². The monoisotopic (exact) mass is 300 g/mol. The first-order chi connectivity index (χ1) is 9.79. The maximum atomic E-state index is 12.6. The molecule has 0 saturated heterocycles. The second-order valence-corrected chi connectivity index (χ2v) is 5.33. The van der Waals surface area contributed by atoms with Crippen LogP contribution in [-0.2, 0) is 6.18 Å². The Balaban J connectivity index is 2.13. The van der Waals surface area contributed by atoms with Gasteiger partial charge in [0.15, 0.2) is 5.96 Å². The lowest BCUT2D eigenvalue weighted by atomic mass is 10.0. The largest absolute Gasteiger partial charge is 0.416 e. The minimum absolute atomic E-state index is 0.0905. The molecule has 2 rings (SSSR count). The van der Waals surface area contributed by atoms with E-state index in [1.165, 1.54) is 12.1 Å². The lowest BCUT2D eigenvalue weighted by Crippen LogP contribution is -2.40. The van der Waals surface area contributed by atoms with Crippen molar-refractivity contribution < 1.29 is 13.2 Å². The van der Waals surface area contributed by atoms with Crippen molar-refractivity contribution in [3.8, 4) is 0 Å². The fourth-order valence-electron chi connectivity index (χ4n) is 2.29. The molecule has 0 saturated carbocycles. The van der Waals surface area contributed by atoms with Gasteiger partial charge in [-0.2, -0.15) is 13.2 Å². The third-order valence-electron chi connectivity index (χ3n) is 3.51. The molecule has 1 aliphatic heterocycles. The van der Waals surface area contributed by atoms with Gasteiger partial charge in [-0.3, -0.25) is 4.99 Å².